The number of amides is 1. The number of carboxylic acid groups (broad SMARTS) is 1. The van der Waals surface area contributed by atoms with Crippen molar-refractivity contribution in [1.82, 2.24) is 19.7 Å². The Morgan fingerprint density at radius 1 is 1.42 bits per heavy atom. The van der Waals surface area contributed by atoms with Crippen LogP contribution in [0.3, 0.4) is 0 Å². The van der Waals surface area contributed by atoms with Gasteiger partial charge in [0.2, 0.25) is 0 Å². The van der Waals surface area contributed by atoms with Crippen molar-refractivity contribution in [2.45, 2.75) is 32.0 Å². The number of carboxylic acids is 1. The van der Waals surface area contributed by atoms with Gasteiger partial charge in [0.25, 0.3) is 5.91 Å². The number of hydrogen-bond donors (Lipinski definition) is 2. The number of carbonyl (C=O) groups excluding carboxylic acids is 1. The number of halogens is 3. The summed E-state index contributed by atoms with van der Waals surface area (Å²) in [7, 11) is 0. The minimum absolute atomic E-state index is 0.0957. The molecule has 2 N–H and O–H groups in total. The molecule has 0 saturated heterocycles. The Hall–Kier alpha value is -2.65. The molecular formula is C14H13F3N4O3. The molecule has 0 aromatic carbocycles. The molecule has 1 saturated carbocycles. The first-order valence-corrected chi connectivity index (χ1v) is 7.14. The number of hydrogen-bond acceptors (Lipinski definition) is 4. The second-order valence-corrected chi connectivity index (χ2v) is 5.70. The highest BCUT2D eigenvalue weighted by Gasteiger charge is 2.50. The Kier molecular flexibility index (Phi) is 3.69. The van der Waals surface area contributed by atoms with Gasteiger partial charge in [0.05, 0.1) is 0 Å². The lowest BCUT2D eigenvalue weighted by Gasteiger charge is -2.20. The van der Waals surface area contributed by atoms with Crippen molar-refractivity contribution in [3.63, 3.8) is 0 Å². The topological polar surface area (TPSA) is 96.6 Å². The fraction of sp³-hybridized carbons (Fsp3) is 0.429. The zero-order valence-corrected chi connectivity index (χ0v) is 12.5. The quantitative estimate of drug-likeness (QED) is 0.883. The van der Waals surface area contributed by atoms with E-state index in [1.165, 1.54) is 16.8 Å². The molecule has 1 atom stereocenters. The summed E-state index contributed by atoms with van der Waals surface area (Å²) in [4.78, 5) is 30.9. The average Bonchev–Trinajstić information content (AvgIpc) is 3.21. The molecule has 1 unspecified atom stereocenters. The predicted molar refractivity (Wildman–Crippen MR) is 74.7 cm³/mol. The SMILES string of the molecule is Cc1cc(C(=O)O)nc2c(C(=O)NC(C3CC3)C(F)(F)F)ncn12. The van der Waals surface area contributed by atoms with Gasteiger partial charge in [-0.15, -0.1) is 0 Å². The highest BCUT2D eigenvalue weighted by Crippen LogP contribution is 2.40. The van der Waals surface area contributed by atoms with Gasteiger partial charge < -0.3 is 10.4 Å². The first kappa shape index (κ1) is 16.2. The van der Waals surface area contributed by atoms with Crippen LogP contribution in [0.5, 0.6) is 0 Å². The molecular weight excluding hydrogens is 329 g/mol. The second kappa shape index (κ2) is 5.46. The predicted octanol–water partition coefficient (Wildman–Crippen LogP) is 1.81. The summed E-state index contributed by atoms with van der Waals surface area (Å²) in [6.45, 7) is 1.58. The molecule has 2 aromatic heterocycles. The number of nitrogens with one attached hydrogen (secondary N) is 1. The fourth-order valence-corrected chi connectivity index (χ4v) is 2.50. The van der Waals surface area contributed by atoms with E-state index in [0.29, 0.717) is 18.5 Å². The van der Waals surface area contributed by atoms with Gasteiger partial charge in [-0.3, -0.25) is 9.20 Å². The Labute approximate surface area is 133 Å². The lowest BCUT2D eigenvalue weighted by Crippen LogP contribution is -2.47. The molecule has 3 rings (SSSR count). The van der Waals surface area contributed by atoms with Crippen molar-refractivity contribution < 1.29 is 27.9 Å². The van der Waals surface area contributed by atoms with E-state index in [4.69, 9.17) is 5.11 Å². The molecule has 128 valence electrons. The van der Waals surface area contributed by atoms with Gasteiger partial charge in [-0.05, 0) is 31.7 Å². The Morgan fingerprint density at radius 3 is 2.62 bits per heavy atom. The molecule has 0 bridgehead atoms. The van der Waals surface area contributed by atoms with Crippen molar-refractivity contribution >= 4 is 17.5 Å². The Morgan fingerprint density at radius 2 is 2.08 bits per heavy atom. The molecule has 1 aliphatic rings. The Balaban J connectivity index is 1.96. The van der Waals surface area contributed by atoms with Crippen LogP contribution in [0.4, 0.5) is 13.2 Å². The van der Waals surface area contributed by atoms with E-state index in [-0.39, 0.29) is 17.0 Å². The van der Waals surface area contributed by atoms with Crippen LogP contribution in [0.15, 0.2) is 12.4 Å². The number of imidazole rings is 1. The number of aromatic nitrogens is 3. The summed E-state index contributed by atoms with van der Waals surface area (Å²) in [6, 6.07) is -0.660. The fourth-order valence-electron chi connectivity index (χ4n) is 2.50. The lowest BCUT2D eigenvalue weighted by molar-refractivity contribution is -0.158. The van der Waals surface area contributed by atoms with Crippen LogP contribution < -0.4 is 5.32 Å². The summed E-state index contributed by atoms with van der Waals surface area (Å²) >= 11 is 0. The highest BCUT2D eigenvalue weighted by molar-refractivity contribution is 5.98. The van der Waals surface area contributed by atoms with Crippen LogP contribution in [0.2, 0.25) is 0 Å². The molecule has 0 radical (unpaired) electrons. The number of fused-ring (bicyclic) bond motifs is 1. The Bertz CT molecular complexity index is 827. The third kappa shape index (κ3) is 2.91. The molecule has 2 heterocycles. The van der Waals surface area contributed by atoms with E-state index < -0.39 is 30.0 Å². The van der Waals surface area contributed by atoms with Crippen LogP contribution in [0.1, 0.15) is 39.5 Å². The molecule has 7 nitrogen and oxygen atoms in total. The number of rotatable bonds is 4. The molecule has 2 aromatic rings. The summed E-state index contributed by atoms with van der Waals surface area (Å²) in [5.41, 5.74) is -0.305. The maximum absolute atomic E-state index is 13.0. The number of carbonyl (C=O) groups is 2. The highest BCUT2D eigenvalue weighted by atomic mass is 19.4. The molecule has 10 heteroatoms. The van der Waals surface area contributed by atoms with Gasteiger partial charge in [0, 0.05) is 5.69 Å². The molecule has 0 aliphatic heterocycles. The maximum Gasteiger partial charge on any atom is 0.408 e. The number of nitrogens with zero attached hydrogens (tertiary/aromatic N) is 3. The summed E-state index contributed by atoms with van der Waals surface area (Å²) < 4.78 is 40.4. The van der Waals surface area contributed by atoms with Gasteiger partial charge in [-0.25, -0.2) is 14.8 Å². The molecule has 24 heavy (non-hydrogen) atoms. The minimum atomic E-state index is -4.55. The van der Waals surface area contributed by atoms with E-state index in [1.807, 2.05) is 5.32 Å². The normalized spacial score (nSPS) is 16.2. The average molecular weight is 342 g/mol. The van der Waals surface area contributed by atoms with Crippen molar-refractivity contribution in [1.29, 1.82) is 0 Å². The summed E-state index contributed by atoms with van der Waals surface area (Å²) in [5, 5.41) is 11.0. The number of aromatic carboxylic acids is 1. The van der Waals surface area contributed by atoms with E-state index >= 15 is 0 Å². The van der Waals surface area contributed by atoms with Crippen molar-refractivity contribution in [2.75, 3.05) is 0 Å². The van der Waals surface area contributed by atoms with Crippen LogP contribution in [0, 0.1) is 12.8 Å². The maximum atomic E-state index is 13.0. The first-order chi connectivity index (χ1) is 11.2. The zero-order chi connectivity index (χ0) is 17.6. The summed E-state index contributed by atoms with van der Waals surface area (Å²) in [5.74, 6) is -2.97. The van der Waals surface area contributed by atoms with Gasteiger partial charge in [0.15, 0.2) is 17.0 Å². The third-order valence-corrected chi connectivity index (χ3v) is 3.86. The van der Waals surface area contributed by atoms with Gasteiger partial charge >= 0.3 is 12.1 Å². The van der Waals surface area contributed by atoms with E-state index in [0.717, 1.165) is 0 Å². The smallest absolute Gasteiger partial charge is 0.408 e. The number of aryl methyl sites for hydroxylation is 1. The number of alkyl halides is 3. The van der Waals surface area contributed by atoms with Gasteiger partial charge in [0.1, 0.15) is 12.4 Å². The second-order valence-electron chi connectivity index (χ2n) is 5.70. The summed E-state index contributed by atoms with van der Waals surface area (Å²) in [6.07, 6.45) is -2.54. The van der Waals surface area contributed by atoms with E-state index in [9.17, 15) is 22.8 Å². The molecule has 1 amide bonds. The van der Waals surface area contributed by atoms with Crippen LogP contribution >= 0.6 is 0 Å². The largest absolute Gasteiger partial charge is 0.477 e. The van der Waals surface area contributed by atoms with Crippen LogP contribution in [0.25, 0.3) is 5.65 Å². The molecule has 1 aliphatic carbocycles. The van der Waals surface area contributed by atoms with Gasteiger partial charge in [-0.2, -0.15) is 13.2 Å². The van der Waals surface area contributed by atoms with Crippen molar-refractivity contribution in [2.24, 2.45) is 5.92 Å². The third-order valence-electron chi connectivity index (χ3n) is 3.86. The molecule has 1 fully saturated rings. The lowest BCUT2D eigenvalue weighted by atomic mass is 10.1. The monoisotopic (exact) mass is 342 g/mol. The van der Waals surface area contributed by atoms with Crippen molar-refractivity contribution in [3.8, 4) is 0 Å². The minimum Gasteiger partial charge on any atom is -0.477 e. The molecule has 0 spiro atoms. The van der Waals surface area contributed by atoms with E-state index in [1.54, 1.807) is 6.92 Å². The van der Waals surface area contributed by atoms with E-state index in [2.05, 4.69) is 9.97 Å². The van der Waals surface area contributed by atoms with Gasteiger partial charge in [-0.1, -0.05) is 0 Å². The standard InChI is InChI=1S/C14H13F3N4O3/c1-6-4-8(13(23)24)19-11-9(18-5-21(6)11)12(22)20-10(7-2-3-7)14(15,16)17/h4-5,7,10H,2-3H2,1H3,(H,20,22)(H,23,24). The van der Waals surface area contributed by atoms with Crippen LogP contribution in [-0.4, -0.2) is 43.6 Å². The van der Waals surface area contributed by atoms with Crippen LogP contribution in [-0.2, 0) is 0 Å². The zero-order valence-electron chi connectivity index (χ0n) is 12.5. The van der Waals surface area contributed by atoms with Crippen molar-refractivity contribution in [3.05, 3.63) is 29.5 Å². The first-order valence-electron chi connectivity index (χ1n) is 7.14.